The summed E-state index contributed by atoms with van der Waals surface area (Å²) in [4.78, 5) is 0. The fourth-order valence-corrected chi connectivity index (χ4v) is 3.64. The van der Waals surface area contributed by atoms with Gasteiger partial charge in [-0.2, -0.15) is 0 Å². The number of fused-ring (bicyclic) bond motifs is 1. The molecule has 0 radical (unpaired) electrons. The van der Waals surface area contributed by atoms with Crippen molar-refractivity contribution < 1.29 is 4.39 Å². The van der Waals surface area contributed by atoms with Crippen LogP contribution >= 0.6 is 39.1 Å². The Morgan fingerprint density at radius 3 is 2.35 bits per heavy atom. The van der Waals surface area contributed by atoms with Crippen molar-refractivity contribution in [2.45, 2.75) is 18.2 Å². The number of alkyl halides is 1. The van der Waals surface area contributed by atoms with Gasteiger partial charge in [0.05, 0.1) is 10.4 Å². The van der Waals surface area contributed by atoms with Crippen LogP contribution in [-0.2, 0) is 12.8 Å². The van der Waals surface area contributed by atoms with E-state index in [1.54, 1.807) is 6.07 Å². The maximum atomic E-state index is 14.1. The predicted octanol–water partition coefficient (Wildman–Crippen LogP) is 5.94. The Labute approximate surface area is 136 Å². The summed E-state index contributed by atoms with van der Waals surface area (Å²) in [6.07, 6.45) is 1.77. The van der Waals surface area contributed by atoms with E-state index < -0.39 is 0 Å². The Morgan fingerprint density at radius 1 is 1.15 bits per heavy atom. The van der Waals surface area contributed by atoms with E-state index >= 15 is 0 Å². The second kappa shape index (κ2) is 5.67. The summed E-state index contributed by atoms with van der Waals surface area (Å²) in [5.74, 6) is -0.0990. The van der Waals surface area contributed by atoms with Crippen molar-refractivity contribution >= 4 is 39.1 Å². The number of benzene rings is 2. The van der Waals surface area contributed by atoms with E-state index in [9.17, 15) is 4.39 Å². The first-order chi connectivity index (χ1) is 9.56. The van der Waals surface area contributed by atoms with Gasteiger partial charge in [0, 0.05) is 10.0 Å². The number of hydrogen-bond acceptors (Lipinski definition) is 0. The molecule has 20 heavy (non-hydrogen) atoms. The Kier molecular flexibility index (Phi) is 4.07. The van der Waals surface area contributed by atoms with Crippen LogP contribution in [0.1, 0.15) is 22.1 Å². The van der Waals surface area contributed by atoms with Gasteiger partial charge >= 0.3 is 0 Å². The molecule has 0 saturated heterocycles. The normalized spacial score (nSPS) is 16.2. The van der Waals surface area contributed by atoms with Crippen LogP contribution in [0.25, 0.3) is 0 Å². The van der Waals surface area contributed by atoms with Crippen LogP contribution in [0.5, 0.6) is 0 Å². The average molecular weight is 374 g/mol. The molecule has 0 nitrogen and oxygen atoms in total. The summed E-state index contributed by atoms with van der Waals surface area (Å²) in [5.41, 5.74) is 3.11. The van der Waals surface area contributed by atoms with E-state index in [1.165, 1.54) is 17.2 Å². The predicted molar refractivity (Wildman–Crippen MR) is 85.0 cm³/mol. The molecule has 0 saturated carbocycles. The Bertz CT molecular complexity index is 632. The Hall–Kier alpha value is -0.570. The summed E-state index contributed by atoms with van der Waals surface area (Å²) in [6, 6.07) is 11.3. The molecule has 1 unspecified atom stereocenters. The summed E-state index contributed by atoms with van der Waals surface area (Å²) >= 11 is 15.8. The van der Waals surface area contributed by atoms with Crippen LogP contribution in [-0.4, -0.2) is 0 Å². The van der Waals surface area contributed by atoms with Crippen LogP contribution in [0.4, 0.5) is 4.39 Å². The molecular weight excluding hydrogens is 362 g/mol. The number of rotatable bonds is 2. The molecule has 1 aliphatic rings. The van der Waals surface area contributed by atoms with Crippen LogP contribution in [0.3, 0.4) is 0 Å². The zero-order valence-corrected chi connectivity index (χ0v) is 13.6. The standard InChI is InChI=1S/C16H12BrCl2F/c17-13-8-15(20)12(7-14(13)18)16(19)11-5-9-3-1-2-4-10(9)6-11/h1-4,7-8,11,16H,5-6H2. The molecule has 0 bridgehead atoms. The third-order valence-corrected chi connectivity index (χ3v) is 5.62. The first-order valence-electron chi connectivity index (χ1n) is 6.41. The van der Waals surface area contributed by atoms with E-state index in [1.807, 2.05) is 12.1 Å². The monoisotopic (exact) mass is 372 g/mol. The fourth-order valence-electron chi connectivity index (χ4n) is 2.80. The lowest BCUT2D eigenvalue weighted by Gasteiger charge is -2.18. The zero-order chi connectivity index (χ0) is 14.3. The van der Waals surface area contributed by atoms with Crippen molar-refractivity contribution in [3.63, 3.8) is 0 Å². The van der Waals surface area contributed by atoms with Gasteiger partial charge in [0.1, 0.15) is 5.82 Å². The van der Waals surface area contributed by atoms with Crippen molar-refractivity contribution in [2.75, 3.05) is 0 Å². The molecule has 0 N–H and O–H groups in total. The maximum absolute atomic E-state index is 14.1. The largest absolute Gasteiger partial charge is 0.207 e. The van der Waals surface area contributed by atoms with Gasteiger partial charge < -0.3 is 0 Å². The average Bonchev–Trinajstić information content (AvgIpc) is 2.86. The van der Waals surface area contributed by atoms with Crippen LogP contribution in [0.2, 0.25) is 5.02 Å². The first kappa shape index (κ1) is 14.4. The van der Waals surface area contributed by atoms with Gasteiger partial charge in [0.2, 0.25) is 0 Å². The molecule has 0 heterocycles. The molecule has 0 aliphatic heterocycles. The lowest BCUT2D eigenvalue weighted by atomic mass is 9.95. The van der Waals surface area contributed by atoms with Crippen LogP contribution < -0.4 is 0 Å². The minimum Gasteiger partial charge on any atom is -0.207 e. The van der Waals surface area contributed by atoms with Gasteiger partial charge in [-0.25, -0.2) is 4.39 Å². The number of halogens is 4. The lowest BCUT2D eigenvalue weighted by molar-refractivity contribution is 0.514. The molecule has 0 fully saturated rings. The minimum atomic E-state index is -0.368. The van der Waals surface area contributed by atoms with E-state index in [0.717, 1.165) is 12.8 Å². The topological polar surface area (TPSA) is 0 Å². The van der Waals surface area contributed by atoms with Crippen LogP contribution in [0, 0.1) is 11.7 Å². The molecule has 104 valence electrons. The number of hydrogen-bond donors (Lipinski definition) is 0. The molecular formula is C16H12BrCl2F. The van der Waals surface area contributed by atoms with E-state index in [4.69, 9.17) is 23.2 Å². The molecule has 2 aromatic carbocycles. The fraction of sp³-hybridized carbons (Fsp3) is 0.250. The van der Waals surface area contributed by atoms with Gasteiger partial charge in [-0.1, -0.05) is 35.9 Å². The van der Waals surface area contributed by atoms with Gasteiger partial charge in [-0.3, -0.25) is 0 Å². The van der Waals surface area contributed by atoms with E-state index in [-0.39, 0.29) is 17.1 Å². The molecule has 2 aromatic rings. The SMILES string of the molecule is Fc1cc(Br)c(Cl)cc1C(Cl)C1Cc2ccccc2C1. The third-order valence-electron chi connectivity index (χ3n) is 3.83. The highest BCUT2D eigenvalue weighted by Gasteiger charge is 2.30. The lowest BCUT2D eigenvalue weighted by Crippen LogP contribution is -2.10. The first-order valence-corrected chi connectivity index (χ1v) is 8.02. The second-order valence-electron chi connectivity index (χ2n) is 5.13. The van der Waals surface area contributed by atoms with Crippen molar-refractivity contribution in [1.82, 2.24) is 0 Å². The molecule has 1 atom stereocenters. The minimum absolute atomic E-state index is 0.209. The zero-order valence-electron chi connectivity index (χ0n) is 10.5. The van der Waals surface area contributed by atoms with Gasteiger partial charge in [0.25, 0.3) is 0 Å². The quantitative estimate of drug-likeness (QED) is 0.451. The maximum Gasteiger partial charge on any atom is 0.129 e. The Morgan fingerprint density at radius 2 is 1.75 bits per heavy atom. The van der Waals surface area contributed by atoms with Crippen molar-refractivity contribution in [3.8, 4) is 0 Å². The molecule has 4 heteroatoms. The third kappa shape index (κ3) is 2.61. The van der Waals surface area contributed by atoms with Crippen molar-refractivity contribution in [1.29, 1.82) is 0 Å². The summed E-state index contributed by atoms with van der Waals surface area (Å²) in [5, 5.41) is 0.121. The molecule has 1 aliphatic carbocycles. The van der Waals surface area contributed by atoms with Crippen LogP contribution in [0.15, 0.2) is 40.9 Å². The summed E-state index contributed by atoms with van der Waals surface area (Å²) < 4.78 is 14.6. The highest BCUT2D eigenvalue weighted by atomic mass is 79.9. The summed E-state index contributed by atoms with van der Waals surface area (Å²) in [7, 11) is 0. The van der Waals surface area contributed by atoms with Gasteiger partial charge in [0.15, 0.2) is 0 Å². The van der Waals surface area contributed by atoms with Gasteiger partial charge in [-0.05, 0) is 57.9 Å². The van der Waals surface area contributed by atoms with Gasteiger partial charge in [-0.15, -0.1) is 11.6 Å². The van der Waals surface area contributed by atoms with E-state index in [0.29, 0.717) is 15.1 Å². The van der Waals surface area contributed by atoms with E-state index in [2.05, 4.69) is 28.1 Å². The second-order valence-corrected chi connectivity index (χ2v) is 6.86. The van der Waals surface area contributed by atoms with Crippen molar-refractivity contribution in [3.05, 3.63) is 68.4 Å². The van der Waals surface area contributed by atoms with Crippen molar-refractivity contribution in [2.24, 2.45) is 5.92 Å². The highest BCUT2D eigenvalue weighted by Crippen LogP contribution is 2.41. The molecule has 0 aromatic heterocycles. The Balaban J connectivity index is 1.88. The highest BCUT2D eigenvalue weighted by molar-refractivity contribution is 9.10. The smallest absolute Gasteiger partial charge is 0.129 e. The molecule has 3 rings (SSSR count). The molecule has 0 amide bonds. The molecule has 0 spiro atoms. The summed E-state index contributed by atoms with van der Waals surface area (Å²) in [6.45, 7) is 0.